The van der Waals surface area contributed by atoms with Gasteiger partial charge in [0.15, 0.2) is 0 Å². The normalized spacial score (nSPS) is 11.1. The molecule has 0 saturated heterocycles. The zero-order chi connectivity index (χ0) is 10.8. The largest absolute Gasteiger partial charge is 0.288 e. The minimum absolute atomic E-state index is 0.292. The van der Waals surface area contributed by atoms with Crippen LogP contribution in [-0.4, -0.2) is 10.7 Å². The summed E-state index contributed by atoms with van der Waals surface area (Å²) in [5.74, 6) is 0. The van der Waals surface area contributed by atoms with Crippen LogP contribution in [0.2, 0.25) is 0 Å². The van der Waals surface area contributed by atoms with E-state index in [1.807, 2.05) is 45.0 Å². The van der Waals surface area contributed by atoms with Crippen LogP contribution in [0.4, 0.5) is 5.69 Å². The van der Waals surface area contributed by atoms with E-state index in [2.05, 4.69) is 6.58 Å². The van der Waals surface area contributed by atoms with Crippen LogP contribution in [0.15, 0.2) is 30.8 Å². The van der Waals surface area contributed by atoms with Crippen molar-refractivity contribution in [1.29, 1.82) is 0 Å². The molecule has 0 spiro atoms. The van der Waals surface area contributed by atoms with E-state index in [1.54, 1.807) is 6.08 Å². The third-order valence-electron chi connectivity index (χ3n) is 1.99. The van der Waals surface area contributed by atoms with Gasteiger partial charge in [-0.3, -0.25) is 10.3 Å². The first-order valence-corrected chi connectivity index (χ1v) is 4.67. The summed E-state index contributed by atoms with van der Waals surface area (Å²) in [4.78, 5) is 0. The fraction of sp³-hybridized carbons (Fsp3) is 0.333. The Balaban J connectivity index is 3.01. The van der Waals surface area contributed by atoms with Crippen LogP contribution in [0.3, 0.4) is 0 Å². The Bertz CT molecular complexity index is 325. The van der Waals surface area contributed by atoms with Crippen LogP contribution in [-0.2, 0) is 0 Å². The molecule has 0 fully saturated rings. The fourth-order valence-electron chi connectivity index (χ4n) is 1.17. The first-order valence-electron chi connectivity index (χ1n) is 4.67. The van der Waals surface area contributed by atoms with E-state index in [9.17, 15) is 5.21 Å². The van der Waals surface area contributed by atoms with Gasteiger partial charge in [-0.25, -0.2) is 0 Å². The topological polar surface area (TPSA) is 23.5 Å². The van der Waals surface area contributed by atoms with Crippen molar-refractivity contribution in [3.63, 3.8) is 0 Å². The summed E-state index contributed by atoms with van der Waals surface area (Å²) < 4.78 is 0. The van der Waals surface area contributed by atoms with Gasteiger partial charge in [0.2, 0.25) is 0 Å². The smallest absolute Gasteiger partial charge is 0.0646 e. The number of hydrogen-bond donors (Lipinski definition) is 1. The molecule has 0 heterocycles. The maximum absolute atomic E-state index is 9.88. The van der Waals surface area contributed by atoms with E-state index in [-0.39, 0.29) is 5.54 Å². The third kappa shape index (κ3) is 2.36. The van der Waals surface area contributed by atoms with Gasteiger partial charge in [-0.1, -0.05) is 24.8 Å². The van der Waals surface area contributed by atoms with Gasteiger partial charge in [0.25, 0.3) is 0 Å². The molecule has 0 radical (unpaired) electrons. The molecule has 14 heavy (non-hydrogen) atoms. The number of nitrogens with zero attached hydrogens (tertiary/aromatic N) is 1. The molecule has 1 aromatic carbocycles. The van der Waals surface area contributed by atoms with E-state index in [1.165, 1.54) is 5.06 Å². The lowest BCUT2D eigenvalue weighted by Gasteiger charge is -2.31. The highest BCUT2D eigenvalue weighted by Crippen LogP contribution is 2.22. The van der Waals surface area contributed by atoms with Crippen LogP contribution in [0, 0.1) is 0 Å². The van der Waals surface area contributed by atoms with Crippen LogP contribution < -0.4 is 5.06 Å². The lowest BCUT2D eigenvalue weighted by molar-refractivity contribution is 0.181. The van der Waals surface area contributed by atoms with Gasteiger partial charge in [0, 0.05) is 0 Å². The number of rotatable bonds is 2. The van der Waals surface area contributed by atoms with Crippen molar-refractivity contribution in [2.75, 3.05) is 5.06 Å². The van der Waals surface area contributed by atoms with E-state index >= 15 is 0 Å². The van der Waals surface area contributed by atoms with Gasteiger partial charge in [0.1, 0.15) is 0 Å². The summed E-state index contributed by atoms with van der Waals surface area (Å²) in [6.45, 7) is 9.55. The molecule has 0 aromatic heterocycles. The quantitative estimate of drug-likeness (QED) is 0.725. The van der Waals surface area contributed by atoms with Crippen LogP contribution in [0.25, 0.3) is 6.08 Å². The third-order valence-corrected chi connectivity index (χ3v) is 1.99. The molecule has 2 nitrogen and oxygen atoms in total. The Morgan fingerprint density at radius 2 is 2.00 bits per heavy atom. The Morgan fingerprint density at radius 1 is 1.36 bits per heavy atom. The van der Waals surface area contributed by atoms with Gasteiger partial charge in [-0.05, 0) is 38.5 Å². The number of anilines is 1. The zero-order valence-electron chi connectivity index (χ0n) is 8.99. The Kier molecular flexibility index (Phi) is 2.96. The summed E-state index contributed by atoms with van der Waals surface area (Å²) in [5.41, 5.74) is 1.50. The molecule has 0 atom stereocenters. The summed E-state index contributed by atoms with van der Waals surface area (Å²) in [5, 5.41) is 11.1. The highest BCUT2D eigenvalue weighted by atomic mass is 16.5. The molecule has 0 aliphatic heterocycles. The standard InChI is InChI=1S/C12H17NO/c1-5-10-7-6-8-11(9-10)13(14)12(2,3)4/h5-9,14H,1H2,2-4H3. The predicted octanol–water partition coefficient (Wildman–Crippen LogP) is 3.32. The maximum Gasteiger partial charge on any atom is 0.0646 e. The second-order valence-electron chi connectivity index (χ2n) is 4.28. The van der Waals surface area contributed by atoms with Gasteiger partial charge < -0.3 is 0 Å². The van der Waals surface area contributed by atoms with Crippen LogP contribution in [0.1, 0.15) is 26.3 Å². The molecular formula is C12H17NO. The average Bonchev–Trinajstić information content (AvgIpc) is 2.15. The molecule has 0 amide bonds. The van der Waals surface area contributed by atoms with Crippen LogP contribution in [0.5, 0.6) is 0 Å². The summed E-state index contributed by atoms with van der Waals surface area (Å²) in [7, 11) is 0. The van der Waals surface area contributed by atoms with E-state index in [0.717, 1.165) is 11.3 Å². The number of benzene rings is 1. The first-order chi connectivity index (χ1) is 6.45. The SMILES string of the molecule is C=Cc1cccc(N(O)C(C)(C)C)c1. The highest BCUT2D eigenvalue weighted by Gasteiger charge is 2.19. The van der Waals surface area contributed by atoms with Crippen molar-refractivity contribution in [2.24, 2.45) is 0 Å². The molecular weight excluding hydrogens is 174 g/mol. The monoisotopic (exact) mass is 191 g/mol. The van der Waals surface area contributed by atoms with Gasteiger partial charge >= 0.3 is 0 Å². The molecule has 0 aliphatic carbocycles. The first kappa shape index (κ1) is 10.8. The fourth-order valence-corrected chi connectivity index (χ4v) is 1.17. The van der Waals surface area contributed by atoms with Gasteiger partial charge in [-0.15, -0.1) is 0 Å². The molecule has 0 saturated carbocycles. The van der Waals surface area contributed by atoms with Crippen molar-refractivity contribution in [1.82, 2.24) is 0 Å². The molecule has 0 bridgehead atoms. The summed E-state index contributed by atoms with van der Waals surface area (Å²) >= 11 is 0. The lowest BCUT2D eigenvalue weighted by Crippen LogP contribution is -2.38. The second kappa shape index (κ2) is 3.84. The Labute approximate surface area is 85.4 Å². The van der Waals surface area contributed by atoms with E-state index in [0.29, 0.717) is 0 Å². The molecule has 1 aromatic rings. The Hall–Kier alpha value is -1.28. The summed E-state index contributed by atoms with van der Waals surface area (Å²) in [6.07, 6.45) is 1.76. The van der Waals surface area contributed by atoms with Crippen molar-refractivity contribution < 1.29 is 5.21 Å². The minimum Gasteiger partial charge on any atom is -0.288 e. The number of hydroxylamine groups is 1. The molecule has 76 valence electrons. The highest BCUT2D eigenvalue weighted by molar-refractivity contribution is 5.56. The van der Waals surface area contributed by atoms with Crippen molar-refractivity contribution in [3.8, 4) is 0 Å². The van der Waals surface area contributed by atoms with E-state index < -0.39 is 0 Å². The van der Waals surface area contributed by atoms with E-state index in [4.69, 9.17) is 0 Å². The summed E-state index contributed by atoms with van der Waals surface area (Å²) in [6, 6.07) is 7.63. The minimum atomic E-state index is -0.292. The maximum atomic E-state index is 9.88. The van der Waals surface area contributed by atoms with Crippen molar-refractivity contribution in [3.05, 3.63) is 36.4 Å². The van der Waals surface area contributed by atoms with Crippen molar-refractivity contribution >= 4 is 11.8 Å². The lowest BCUT2D eigenvalue weighted by atomic mass is 10.1. The molecule has 0 aliphatic rings. The second-order valence-corrected chi connectivity index (χ2v) is 4.28. The van der Waals surface area contributed by atoms with Gasteiger partial charge in [0.05, 0.1) is 11.2 Å². The Morgan fingerprint density at radius 3 is 2.50 bits per heavy atom. The molecule has 0 unspecified atom stereocenters. The zero-order valence-corrected chi connectivity index (χ0v) is 8.99. The number of hydrogen-bond acceptors (Lipinski definition) is 2. The molecule has 2 heteroatoms. The molecule has 1 N–H and O–H groups in total. The predicted molar refractivity (Wildman–Crippen MR) is 60.6 cm³/mol. The van der Waals surface area contributed by atoms with Gasteiger partial charge in [-0.2, -0.15) is 0 Å². The molecule has 1 rings (SSSR count). The van der Waals surface area contributed by atoms with Crippen LogP contribution >= 0.6 is 0 Å². The average molecular weight is 191 g/mol. The van der Waals surface area contributed by atoms with Crippen molar-refractivity contribution in [2.45, 2.75) is 26.3 Å².